The Balaban J connectivity index is 1.94. The third kappa shape index (κ3) is 1.30. The van der Waals surface area contributed by atoms with E-state index in [1.54, 1.807) is 19.2 Å². The van der Waals surface area contributed by atoms with Gasteiger partial charge in [0.05, 0.1) is 18.6 Å². The highest BCUT2D eigenvalue weighted by molar-refractivity contribution is 5.96. The first kappa shape index (κ1) is 10.8. The Morgan fingerprint density at radius 1 is 1.16 bits per heavy atom. The summed E-state index contributed by atoms with van der Waals surface area (Å²) in [6, 6.07) is 3.41. The molecule has 1 fully saturated rings. The van der Waals surface area contributed by atoms with Crippen molar-refractivity contribution in [2.24, 2.45) is 0 Å². The Bertz CT molecular complexity index is 606. The molecule has 1 unspecified atom stereocenters. The number of Topliss-reactive ketones (excluding diaryl/α,β-unsaturated/α-hetero) is 1. The zero-order valence-electron chi connectivity index (χ0n) is 10.3. The van der Waals surface area contributed by atoms with Gasteiger partial charge in [0.25, 0.3) is 0 Å². The Morgan fingerprint density at radius 2 is 1.89 bits per heavy atom. The van der Waals surface area contributed by atoms with E-state index in [4.69, 9.17) is 14.2 Å². The van der Waals surface area contributed by atoms with Crippen molar-refractivity contribution in [3.8, 4) is 11.5 Å². The Hall–Kier alpha value is -2.04. The van der Waals surface area contributed by atoms with Crippen molar-refractivity contribution < 1.29 is 23.8 Å². The molecule has 0 radical (unpaired) electrons. The second-order valence-electron chi connectivity index (χ2n) is 5.13. The molecule has 19 heavy (non-hydrogen) atoms. The number of carbonyl (C=O) groups excluding carboxylic acids is 2. The summed E-state index contributed by atoms with van der Waals surface area (Å²) in [5.41, 5.74) is 1.40. The van der Waals surface area contributed by atoms with Crippen LogP contribution in [0.15, 0.2) is 12.1 Å². The lowest BCUT2D eigenvalue weighted by Gasteiger charge is -2.34. The van der Waals surface area contributed by atoms with Gasteiger partial charge in [-0.05, 0) is 12.1 Å². The van der Waals surface area contributed by atoms with Crippen LogP contribution in [-0.2, 0) is 9.53 Å². The lowest BCUT2D eigenvalue weighted by Crippen LogP contribution is -2.43. The number of ketones is 1. The van der Waals surface area contributed by atoms with Crippen LogP contribution in [0.3, 0.4) is 0 Å². The van der Waals surface area contributed by atoms with Crippen LogP contribution in [0.5, 0.6) is 11.5 Å². The predicted molar refractivity (Wildman–Crippen MR) is 63.6 cm³/mol. The van der Waals surface area contributed by atoms with Gasteiger partial charge in [-0.3, -0.25) is 4.79 Å². The molecule has 5 nitrogen and oxygen atoms in total. The number of hydrogen-bond acceptors (Lipinski definition) is 5. The molecule has 1 saturated carbocycles. The maximum atomic E-state index is 12.0. The van der Waals surface area contributed by atoms with Crippen molar-refractivity contribution in [2.45, 2.75) is 31.0 Å². The number of hydrogen-bond donors (Lipinski definition) is 0. The number of esters is 1. The van der Waals surface area contributed by atoms with Gasteiger partial charge in [0, 0.05) is 18.4 Å². The van der Waals surface area contributed by atoms with Gasteiger partial charge >= 0.3 is 5.97 Å². The second-order valence-corrected chi connectivity index (χ2v) is 5.13. The molecule has 3 atom stereocenters. The first-order chi connectivity index (χ1) is 9.19. The molecule has 0 aromatic heterocycles. The minimum Gasteiger partial charge on any atom is -0.493 e. The molecule has 4 rings (SSSR count). The summed E-state index contributed by atoms with van der Waals surface area (Å²) in [5.74, 6) is 0.879. The molecule has 5 heteroatoms. The third-order valence-corrected chi connectivity index (χ3v) is 4.12. The van der Waals surface area contributed by atoms with Crippen LogP contribution >= 0.6 is 0 Å². The molecule has 1 aromatic rings. The van der Waals surface area contributed by atoms with Crippen molar-refractivity contribution >= 4 is 11.8 Å². The predicted octanol–water partition coefficient (Wildman–Crippen LogP) is 1.44. The number of rotatable bonds is 1. The molecule has 1 aliphatic carbocycles. The molecule has 2 aliphatic heterocycles. The normalized spacial score (nSPS) is 30.5. The standard InChI is InChI=1S/C14H12O5/c1-17-8-3-2-7-11-12-9(18-13(8)11)4-6(15)5-10(12)19-14(7)16/h2-3,9-10,12H,4-5H2,1H3/t9-,10-,12?/m0/s1. The zero-order valence-corrected chi connectivity index (χ0v) is 10.3. The van der Waals surface area contributed by atoms with E-state index in [1.807, 2.05) is 0 Å². The van der Waals surface area contributed by atoms with Gasteiger partial charge in [0.1, 0.15) is 18.0 Å². The summed E-state index contributed by atoms with van der Waals surface area (Å²) in [4.78, 5) is 23.7. The van der Waals surface area contributed by atoms with Gasteiger partial charge in [-0.2, -0.15) is 0 Å². The average Bonchev–Trinajstić information content (AvgIpc) is 2.75. The van der Waals surface area contributed by atoms with Crippen molar-refractivity contribution in [1.82, 2.24) is 0 Å². The van der Waals surface area contributed by atoms with Gasteiger partial charge in [0.15, 0.2) is 11.5 Å². The Morgan fingerprint density at radius 3 is 2.63 bits per heavy atom. The summed E-state index contributed by atoms with van der Waals surface area (Å²) in [5, 5.41) is 0. The largest absolute Gasteiger partial charge is 0.493 e. The van der Waals surface area contributed by atoms with E-state index in [0.717, 1.165) is 5.56 Å². The monoisotopic (exact) mass is 260 g/mol. The van der Waals surface area contributed by atoms with E-state index in [2.05, 4.69) is 0 Å². The Labute approximate surface area is 109 Å². The van der Waals surface area contributed by atoms with Crippen LogP contribution in [0.2, 0.25) is 0 Å². The topological polar surface area (TPSA) is 61.8 Å². The minimum atomic E-state index is -0.389. The summed E-state index contributed by atoms with van der Waals surface area (Å²) in [6.07, 6.45) is 0.0338. The quantitative estimate of drug-likeness (QED) is 0.715. The average molecular weight is 260 g/mol. The van der Waals surface area contributed by atoms with Gasteiger partial charge < -0.3 is 14.2 Å². The first-order valence-corrected chi connectivity index (χ1v) is 6.29. The fourth-order valence-electron chi connectivity index (χ4n) is 3.35. The van der Waals surface area contributed by atoms with E-state index in [9.17, 15) is 9.59 Å². The molecule has 98 valence electrons. The summed E-state index contributed by atoms with van der Waals surface area (Å²) in [7, 11) is 1.56. The summed E-state index contributed by atoms with van der Waals surface area (Å²) in [6.45, 7) is 0. The van der Waals surface area contributed by atoms with Crippen molar-refractivity contribution in [3.63, 3.8) is 0 Å². The smallest absolute Gasteiger partial charge is 0.338 e. The van der Waals surface area contributed by atoms with Crippen LogP contribution < -0.4 is 9.47 Å². The number of benzene rings is 1. The maximum Gasteiger partial charge on any atom is 0.338 e. The van der Waals surface area contributed by atoms with Crippen LogP contribution in [0.1, 0.15) is 34.7 Å². The fraction of sp³-hybridized carbons (Fsp3) is 0.429. The van der Waals surface area contributed by atoms with Gasteiger partial charge in [0.2, 0.25) is 0 Å². The molecule has 0 bridgehead atoms. The number of carbonyl (C=O) groups is 2. The lowest BCUT2D eigenvalue weighted by molar-refractivity contribution is -0.127. The molecule has 3 aliphatic rings. The Kier molecular flexibility index (Phi) is 2.00. The van der Waals surface area contributed by atoms with E-state index in [0.29, 0.717) is 23.5 Å². The molecule has 2 heterocycles. The number of methoxy groups -OCH3 is 1. The zero-order chi connectivity index (χ0) is 13.1. The van der Waals surface area contributed by atoms with Crippen LogP contribution in [0, 0.1) is 0 Å². The molecule has 1 aromatic carbocycles. The molecule has 0 saturated heterocycles. The SMILES string of the molecule is COc1ccc2c3c1O[C@H]1CC(=O)C[C@H](OC2=O)C31. The molecule has 0 spiro atoms. The highest BCUT2D eigenvalue weighted by atomic mass is 16.6. The highest BCUT2D eigenvalue weighted by Crippen LogP contribution is 2.53. The summed E-state index contributed by atoms with van der Waals surface area (Å²) < 4.78 is 16.5. The van der Waals surface area contributed by atoms with Crippen LogP contribution in [0.25, 0.3) is 0 Å². The van der Waals surface area contributed by atoms with Gasteiger partial charge in [-0.25, -0.2) is 4.79 Å². The van der Waals surface area contributed by atoms with E-state index < -0.39 is 0 Å². The van der Waals surface area contributed by atoms with Crippen molar-refractivity contribution in [2.75, 3.05) is 7.11 Å². The fourth-order valence-corrected chi connectivity index (χ4v) is 3.35. The molecule has 0 amide bonds. The third-order valence-electron chi connectivity index (χ3n) is 4.12. The second kappa shape index (κ2) is 3.50. The van der Waals surface area contributed by atoms with Crippen LogP contribution in [-0.4, -0.2) is 31.1 Å². The molecular weight excluding hydrogens is 248 g/mol. The van der Waals surface area contributed by atoms with Crippen LogP contribution in [0.4, 0.5) is 0 Å². The highest BCUT2D eigenvalue weighted by Gasteiger charge is 2.52. The molecular formula is C14H12O5. The first-order valence-electron chi connectivity index (χ1n) is 6.29. The molecule has 0 N–H and O–H groups in total. The lowest BCUT2D eigenvalue weighted by atomic mass is 9.77. The van der Waals surface area contributed by atoms with E-state index in [-0.39, 0.29) is 36.3 Å². The number of ether oxygens (including phenoxy) is 3. The van der Waals surface area contributed by atoms with Crippen molar-refractivity contribution in [3.05, 3.63) is 23.3 Å². The van der Waals surface area contributed by atoms with E-state index >= 15 is 0 Å². The van der Waals surface area contributed by atoms with Gasteiger partial charge in [-0.1, -0.05) is 0 Å². The maximum absolute atomic E-state index is 12.0. The minimum absolute atomic E-state index is 0.0319. The van der Waals surface area contributed by atoms with Gasteiger partial charge in [-0.15, -0.1) is 0 Å². The van der Waals surface area contributed by atoms with Crippen molar-refractivity contribution in [1.29, 1.82) is 0 Å². The van der Waals surface area contributed by atoms with E-state index in [1.165, 1.54) is 0 Å². The summed E-state index contributed by atoms with van der Waals surface area (Å²) >= 11 is 0.